The van der Waals surface area contributed by atoms with Crippen molar-refractivity contribution in [2.24, 2.45) is 12.8 Å². The van der Waals surface area contributed by atoms with E-state index >= 15 is 0 Å². The molecule has 0 bridgehead atoms. The standard InChI is InChI=1S/C16H23N3O/c1-4-19-7-11-5-13-15(6-12(11)8-19)18(3)10(2)16(13)14(17)9-20/h5-6,14,20H,4,7-9,17H2,1-3H3. The van der Waals surface area contributed by atoms with Gasteiger partial charge < -0.3 is 15.4 Å². The number of nitrogens with zero attached hydrogens (tertiary/aromatic N) is 2. The Hall–Kier alpha value is -1.36. The molecule has 0 spiro atoms. The summed E-state index contributed by atoms with van der Waals surface area (Å²) >= 11 is 0. The largest absolute Gasteiger partial charge is 0.394 e. The molecule has 108 valence electrons. The van der Waals surface area contributed by atoms with Gasteiger partial charge in [0.05, 0.1) is 12.6 Å². The van der Waals surface area contributed by atoms with E-state index in [4.69, 9.17) is 5.73 Å². The molecule has 0 fully saturated rings. The predicted molar refractivity (Wildman–Crippen MR) is 81.5 cm³/mol. The summed E-state index contributed by atoms with van der Waals surface area (Å²) in [4.78, 5) is 2.43. The van der Waals surface area contributed by atoms with Crippen molar-refractivity contribution in [3.63, 3.8) is 0 Å². The first-order valence-corrected chi connectivity index (χ1v) is 7.26. The van der Waals surface area contributed by atoms with Crippen LogP contribution in [0.25, 0.3) is 10.9 Å². The van der Waals surface area contributed by atoms with Crippen LogP contribution in [0.1, 0.15) is 35.3 Å². The van der Waals surface area contributed by atoms with Gasteiger partial charge in [-0.3, -0.25) is 4.90 Å². The summed E-state index contributed by atoms with van der Waals surface area (Å²) in [7, 11) is 2.07. The maximum atomic E-state index is 9.41. The van der Waals surface area contributed by atoms with E-state index < -0.39 is 0 Å². The molecule has 1 aliphatic rings. The molecule has 4 nitrogen and oxygen atoms in total. The van der Waals surface area contributed by atoms with Crippen LogP contribution in [-0.4, -0.2) is 27.7 Å². The Morgan fingerprint density at radius 2 is 1.95 bits per heavy atom. The first kappa shape index (κ1) is 13.6. The monoisotopic (exact) mass is 273 g/mol. The summed E-state index contributed by atoms with van der Waals surface area (Å²) < 4.78 is 2.19. The van der Waals surface area contributed by atoms with Gasteiger partial charge in [0.1, 0.15) is 0 Å². The van der Waals surface area contributed by atoms with Crippen molar-refractivity contribution < 1.29 is 5.11 Å². The lowest BCUT2D eigenvalue weighted by Crippen LogP contribution is -2.15. The molecule has 0 saturated carbocycles. The molecule has 0 saturated heterocycles. The number of rotatable bonds is 3. The molecular weight excluding hydrogens is 250 g/mol. The zero-order valence-electron chi connectivity index (χ0n) is 12.5. The fourth-order valence-electron chi connectivity index (χ4n) is 3.34. The van der Waals surface area contributed by atoms with Crippen molar-refractivity contribution in [2.75, 3.05) is 13.2 Å². The molecule has 1 aliphatic heterocycles. The highest BCUT2D eigenvalue weighted by molar-refractivity contribution is 5.87. The Kier molecular flexibility index (Phi) is 3.32. The van der Waals surface area contributed by atoms with E-state index in [0.717, 1.165) is 30.9 Å². The van der Waals surface area contributed by atoms with Gasteiger partial charge in [-0.1, -0.05) is 6.92 Å². The fraction of sp³-hybridized carbons (Fsp3) is 0.500. The SMILES string of the molecule is CCN1Cc2cc3c(C(N)CO)c(C)n(C)c3cc2C1. The molecule has 4 heteroatoms. The smallest absolute Gasteiger partial charge is 0.0625 e. The number of fused-ring (bicyclic) bond motifs is 2. The van der Waals surface area contributed by atoms with Crippen LogP contribution < -0.4 is 5.73 Å². The molecule has 1 unspecified atom stereocenters. The highest BCUT2D eigenvalue weighted by Crippen LogP contribution is 2.34. The zero-order valence-corrected chi connectivity index (χ0v) is 12.5. The third-order valence-corrected chi connectivity index (χ3v) is 4.66. The van der Waals surface area contributed by atoms with Crippen molar-refractivity contribution in [2.45, 2.75) is 33.0 Å². The number of aryl methyl sites for hydroxylation is 1. The molecule has 3 N–H and O–H groups in total. The van der Waals surface area contributed by atoms with Crippen molar-refractivity contribution in [3.8, 4) is 0 Å². The first-order chi connectivity index (χ1) is 9.56. The van der Waals surface area contributed by atoms with E-state index in [-0.39, 0.29) is 12.6 Å². The second kappa shape index (κ2) is 4.88. The Bertz CT molecular complexity index is 660. The second-order valence-corrected chi connectivity index (χ2v) is 5.79. The lowest BCUT2D eigenvalue weighted by Gasteiger charge is -2.10. The van der Waals surface area contributed by atoms with Gasteiger partial charge in [-0.25, -0.2) is 0 Å². The maximum absolute atomic E-state index is 9.41. The number of aliphatic hydroxyl groups excluding tert-OH is 1. The van der Waals surface area contributed by atoms with Crippen LogP contribution in [0.15, 0.2) is 12.1 Å². The molecule has 0 radical (unpaired) electrons. The number of aromatic nitrogens is 1. The molecule has 2 aromatic rings. The van der Waals surface area contributed by atoms with E-state index in [0.29, 0.717) is 0 Å². The van der Waals surface area contributed by atoms with E-state index in [9.17, 15) is 5.11 Å². The molecule has 20 heavy (non-hydrogen) atoms. The van der Waals surface area contributed by atoms with Crippen LogP contribution in [0, 0.1) is 6.92 Å². The van der Waals surface area contributed by atoms with Crippen LogP contribution in [0.2, 0.25) is 0 Å². The van der Waals surface area contributed by atoms with Gasteiger partial charge in [-0.2, -0.15) is 0 Å². The number of benzene rings is 1. The van der Waals surface area contributed by atoms with Crippen LogP contribution in [0.4, 0.5) is 0 Å². The van der Waals surface area contributed by atoms with Crippen molar-refractivity contribution in [1.29, 1.82) is 0 Å². The number of nitrogens with two attached hydrogens (primary N) is 1. The summed E-state index contributed by atoms with van der Waals surface area (Å²) in [5, 5.41) is 10.6. The Morgan fingerprint density at radius 1 is 1.30 bits per heavy atom. The number of hydrogen-bond acceptors (Lipinski definition) is 3. The minimum atomic E-state index is -0.305. The van der Waals surface area contributed by atoms with Gasteiger partial charge in [0.15, 0.2) is 0 Å². The summed E-state index contributed by atoms with van der Waals surface area (Å²) in [5.74, 6) is 0. The van der Waals surface area contributed by atoms with Gasteiger partial charge in [0.25, 0.3) is 0 Å². The molecule has 0 amide bonds. The third kappa shape index (κ3) is 1.87. The van der Waals surface area contributed by atoms with E-state index in [1.807, 2.05) is 0 Å². The van der Waals surface area contributed by atoms with Crippen molar-refractivity contribution in [1.82, 2.24) is 9.47 Å². The molecule has 3 rings (SSSR count). The quantitative estimate of drug-likeness (QED) is 0.897. The van der Waals surface area contributed by atoms with E-state index in [1.54, 1.807) is 0 Å². The normalized spacial score (nSPS) is 16.9. The third-order valence-electron chi connectivity index (χ3n) is 4.66. The van der Waals surface area contributed by atoms with Crippen LogP contribution in [0.5, 0.6) is 0 Å². The molecule has 2 heterocycles. The van der Waals surface area contributed by atoms with Crippen molar-refractivity contribution in [3.05, 3.63) is 34.5 Å². The number of aliphatic hydroxyl groups is 1. The minimum absolute atomic E-state index is 0.0158. The minimum Gasteiger partial charge on any atom is -0.394 e. The average molecular weight is 273 g/mol. The summed E-state index contributed by atoms with van der Waals surface area (Å²) in [6.07, 6.45) is 0. The van der Waals surface area contributed by atoms with Gasteiger partial charge in [-0.05, 0) is 42.3 Å². The summed E-state index contributed by atoms with van der Waals surface area (Å²) in [5.41, 5.74) is 12.4. The van der Waals surface area contributed by atoms with Crippen LogP contribution in [-0.2, 0) is 20.1 Å². The van der Waals surface area contributed by atoms with E-state index in [1.165, 1.54) is 22.0 Å². The van der Waals surface area contributed by atoms with Gasteiger partial charge in [0.2, 0.25) is 0 Å². The lowest BCUT2D eigenvalue weighted by atomic mass is 10.0. The Balaban J connectivity index is 2.21. The van der Waals surface area contributed by atoms with E-state index in [2.05, 4.69) is 42.5 Å². The molecule has 1 aromatic carbocycles. The van der Waals surface area contributed by atoms with Gasteiger partial charge >= 0.3 is 0 Å². The highest BCUT2D eigenvalue weighted by Gasteiger charge is 2.23. The van der Waals surface area contributed by atoms with Gasteiger partial charge in [-0.15, -0.1) is 0 Å². The second-order valence-electron chi connectivity index (χ2n) is 5.79. The first-order valence-electron chi connectivity index (χ1n) is 7.26. The number of hydrogen-bond donors (Lipinski definition) is 2. The fourth-order valence-corrected chi connectivity index (χ4v) is 3.34. The average Bonchev–Trinajstić information content (AvgIpc) is 2.96. The summed E-state index contributed by atoms with van der Waals surface area (Å²) in [6.45, 7) is 7.39. The lowest BCUT2D eigenvalue weighted by molar-refractivity contribution is 0.268. The molecular formula is C16H23N3O. The van der Waals surface area contributed by atoms with Crippen molar-refractivity contribution >= 4 is 10.9 Å². The zero-order chi connectivity index (χ0) is 14.4. The maximum Gasteiger partial charge on any atom is 0.0625 e. The topological polar surface area (TPSA) is 54.4 Å². The van der Waals surface area contributed by atoms with Gasteiger partial charge in [0, 0.05) is 36.7 Å². The highest BCUT2D eigenvalue weighted by atomic mass is 16.3. The van der Waals surface area contributed by atoms with Crippen LogP contribution >= 0.6 is 0 Å². The molecule has 1 atom stereocenters. The molecule has 1 aromatic heterocycles. The Labute approximate surface area is 119 Å². The Morgan fingerprint density at radius 3 is 2.55 bits per heavy atom. The molecule has 0 aliphatic carbocycles. The van der Waals surface area contributed by atoms with Crippen LogP contribution in [0.3, 0.4) is 0 Å². The predicted octanol–water partition coefficient (Wildman–Crippen LogP) is 1.81. The summed E-state index contributed by atoms with van der Waals surface area (Å²) in [6, 6.07) is 4.26.